The molecule has 0 saturated carbocycles. The number of hydrogen-bond donors (Lipinski definition) is 0. The fourth-order valence-corrected chi connectivity index (χ4v) is 0.830. The Morgan fingerprint density at radius 1 is 1.00 bits per heavy atom. The van der Waals surface area contributed by atoms with Crippen LogP contribution in [0.5, 0.6) is 0 Å². The highest BCUT2D eigenvalue weighted by Crippen LogP contribution is 2.14. The van der Waals surface area contributed by atoms with Crippen LogP contribution in [0.4, 0.5) is 0 Å². The topological polar surface area (TPSA) is 77.7 Å². The second kappa shape index (κ2) is 3.93. The Morgan fingerprint density at radius 2 is 1.36 bits per heavy atom. The number of ether oxygens (including phenoxy) is 4. The van der Waals surface area contributed by atoms with Crippen LogP contribution in [0, 0.1) is 0 Å². The maximum absolute atomic E-state index is 11.0. The van der Waals surface area contributed by atoms with Crippen molar-refractivity contribution in [2.75, 3.05) is 13.2 Å². The van der Waals surface area contributed by atoms with Crippen LogP contribution in [-0.2, 0) is 28.5 Å². The minimum atomic E-state index is -0.443. The van der Waals surface area contributed by atoms with Crippen LogP contribution in [0.25, 0.3) is 0 Å². The summed E-state index contributed by atoms with van der Waals surface area (Å²) in [5.41, 5.74) is 0. The summed E-state index contributed by atoms with van der Waals surface area (Å²) in [5, 5.41) is 0. The summed E-state index contributed by atoms with van der Waals surface area (Å²) < 4.78 is 18.8. The minimum Gasteiger partial charge on any atom is -0.433 e. The molecular formula is C8H10O6. The second-order valence-electron chi connectivity index (χ2n) is 3.01. The molecule has 0 aromatic rings. The molecule has 0 spiro atoms. The molecule has 2 atom stereocenters. The molecule has 14 heavy (non-hydrogen) atoms. The average molecular weight is 202 g/mol. The second-order valence-corrected chi connectivity index (χ2v) is 3.01. The molecule has 78 valence electrons. The molecule has 2 fully saturated rings. The molecule has 2 heterocycles. The van der Waals surface area contributed by atoms with E-state index >= 15 is 0 Å². The highest BCUT2D eigenvalue weighted by atomic mass is 16.8. The van der Waals surface area contributed by atoms with Crippen molar-refractivity contribution in [1.29, 1.82) is 0 Å². The van der Waals surface area contributed by atoms with Crippen molar-refractivity contribution in [1.82, 2.24) is 0 Å². The van der Waals surface area contributed by atoms with Crippen LogP contribution < -0.4 is 0 Å². The van der Waals surface area contributed by atoms with Gasteiger partial charge in [0, 0.05) is 0 Å². The van der Waals surface area contributed by atoms with Crippen LogP contribution in [0.2, 0.25) is 0 Å². The standard InChI is InChI=1S/C8H10O6/c9-5(13-7-3-11-7)1-2-6(10)14-8-4-12-8/h7-8H,1-4H2/t7-,8-/m0/s1. The predicted molar refractivity (Wildman–Crippen MR) is 40.9 cm³/mol. The summed E-state index contributed by atoms with van der Waals surface area (Å²) in [7, 11) is 0. The molecule has 6 heteroatoms. The molecule has 0 bridgehead atoms. The van der Waals surface area contributed by atoms with Crippen molar-refractivity contribution in [2.45, 2.75) is 25.4 Å². The lowest BCUT2D eigenvalue weighted by atomic mass is 10.3. The maximum atomic E-state index is 11.0. The lowest BCUT2D eigenvalue weighted by Crippen LogP contribution is -2.12. The van der Waals surface area contributed by atoms with Gasteiger partial charge in [0.1, 0.15) is 13.2 Å². The van der Waals surface area contributed by atoms with Crippen LogP contribution in [0.3, 0.4) is 0 Å². The quantitative estimate of drug-likeness (QED) is 0.444. The van der Waals surface area contributed by atoms with Gasteiger partial charge < -0.3 is 18.9 Å². The van der Waals surface area contributed by atoms with E-state index in [0.29, 0.717) is 13.2 Å². The van der Waals surface area contributed by atoms with Gasteiger partial charge in [0.2, 0.25) is 12.6 Å². The van der Waals surface area contributed by atoms with Crippen molar-refractivity contribution < 1.29 is 28.5 Å². The average Bonchev–Trinajstić information content (AvgIpc) is 2.96. The van der Waals surface area contributed by atoms with Gasteiger partial charge in [-0.1, -0.05) is 0 Å². The molecule has 0 amide bonds. The van der Waals surface area contributed by atoms with Gasteiger partial charge in [0.25, 0.3) is 0 Å². The zero-order chi connectivity index (χ0) is 9.97. The third-order valence-electron chi connectivity index (χ3n) is 1.66. The molecule has 0 unspecified atom stereocenters. The van der Waals surface area contributed by atoms with Crippen LogP contribution in [0.15, 0.2) is 0 Å². The Hall–Kier alpha value is -1.14. The Morgan fingerprint density at radius 3 is 1.64 bits per heavy atom. The summed E-state index contributed by atoms with van der Waals surface area (Å²) in [6.45, 7) is 0.901. The summed E-state index contributed by atoms with van der Waals surface area (Å²) >= 11 is 0. The molecule has 0 aliphatic carbocycles. The number of hydrogen-bond acceptors (Lipinski definition) is 6. The molecule has 0 aromatic heterocycles. The minimum absolute atomic E-state index is 0.0193. The Balaban J connectivity index is 1.55. The summed E-state index contributed by atoms with van der Waals surface area (Å²) in [6, 6.07) is 0. The zero-order valence-corrected chi connectivity index (χ0v) is 7.43. The lowest BCUT2D eigenvalue weighted by Gasteiger charge is -2.01. The van der Waals surface area contributed by atoms with Crippen LogP contribution in [0.1, 0.15) is 12.8 Å². The monoisotopic (exact) mass is 202 g/mol. The van der Waals surface area contributed by atoms with Crippen molar-refractivity contribution in [3.05, 3.63) is 0 Å². The van der Waals surface area contributed by atoms with E-state index in [1.54, 1.807) is 0 Å². The fraction of sp³-hybridized carbons (Fsp3) is 0.750. The molecule has 2 aliphatic rings. The van der Waals surface area contributed by atoms with E-state index in [0.717, 1.165) is 0 Å². The fourth-order valence-electron chi connectivity index (χ4n) is 0.830. The first-order valence-corrected chi connectivity index (χ1v) is 4.36. The largest absolute Gasteiger partial charge is 0.433 e. The zero-order valence-electron chi connectivity index (χ0n) is 7.43. The van der Waals surface area contributed by atoms with Crippen LogP contribution in [-0.4, -0.2) is 37.7 Å². The van der Waals surface area contributed by atoms with E-state index < -0.39 is 24.5 Å². The van der Waals surface area contributed by atoms with Crippen molar-refractivity contribution in [2.24, 2.45) is 0 Å². The predicted octanol–water partition coefficient (Wildman–Crippen LogP) is -0.434. The number of carbonyl (C=O) groups is 2. The van der Waals surface area contributed by atoms with E-state index in [4.69, 9.17) is 9.47 Å². The van der Waals surface area contributed by atoms with E-state index in [1.807, 2.05) is 0 Å². The number of rotatable bonds is 5. The van der Waals surface area contributed by atoms with Gasteiger partial charge in [-0.25, -0.2) is 0 Å². The van der Waals surface area contributed by atoms with Crippen LogP contribution >= 0.6 is 0 Å². The number of epoxide rings is 2. The Labute approximate surface area is 80.1 Å². The van der Waals surface area contributed by atoms with Gasteiger partial charge in [-0.2, -0.15) is 0 Å². The first-order chi connectivity index (χ1) is 6.74. The third kappa shape index (κ3) is 3.31. The van der Waals surface area contributed by atoms with E-state index in [1.165, 1.54) is 0 Å². The molecule has 2 saturated heterocycles. The molecule has 2 rings (SSSR count). The van der Waals surface area contributed by atoms with Crippen molar-refractivity contribution in [3.8, 4) is 0 Å². The van der Waals surface area contributed by atoms with Gasteiger partial charge >= 0.3 is 11.9 Å². The Bertz CT molecular complexity index is 216. The van der Waals surface area contributed by atoms with E-state index in [9.17, 15) is 9.59 Å². The van der Waals surface area contributed by atoms with E-state index in [2.05, 4.69) is 9.47 Å². The van der Waals surface area contributed by atoms with Gasteiger partial charge in [-0.3, -0.25) is 9.59 Å². The van der Waals surface area contributed by atoms with Gasteiger partial charge in [-0.15, -0.1) is 0 Å². The summed E-state index contributed by atoms with van der Waals surface area (Å²) in [4.78, 5) is 21.9. The number of esters is 2. The summed E-state index contributed by atoms with van der Waals surface area (Å²) in [6.07, 6.45) is -0.757. The molecule has 0 radical (unpaired) electrons. The molecule has 2 aliphatic heterocycles. The number of carbonyl (C=O) groups excluding carboxylic acids is 2. The van der Waals surface area contributed by atoms with E-state index in [-0.39, 0.29) is 12.8 Å². The van der Waals surface area contributed by atoms with Crippen molar-refractivity contribution in [3.63, 3.8) is 0 Å². The SMILES string of the molecule is O=C(CCC(=O)O[C@H]1CO1)O[C@H]1CO1. The Kier molecular flexibility index (Phi) is 2.64. The molecule has 0 aromatic carbocycles. The first kappa shape index (κ1) is 9.42. The highest BCUT2D eigenvalue weighted by molar-refractivity contribution is 5.77. The third-order valence-corrected chi connectivity index (χ3v) is 1.66. The first-order valence-electron chi connectivity index (χ1n) is 4.36. The lowest BCUT2D eigenvalue weighted by molar-refractivity contribution is -0.155. The van der Waals surface area contributed by atoms with Gasteiger partial charge in [0.05, 0.1) is 12.8 Å². The molecular weight excluding hydrogens is 192 g/mol. The molecule has 6 nitrogen and oxygen atoms in total. The highest BCUT2D eigenvalue weighted by Gasteiger charge is 2.29. The van der Waals surface area contributed by atoms with Crippen molar-refractivity contribution >= 4 is 11.9 Å². The van der Waals surface area contributed by atoms with Gasteiger partial charge in [0.15, 0.2) is 0 Å². The molecule has 0 N–H and O–H groups in total. The summed E-state index contributed by atoms with van der Waals surface area (Å²) in [5.74, 6) is -0.887. The maximum Gasteiger partial charge on any atom is 0.308 e. The normalized spacial score (nSPS) is 28.0. The smallest absolute Gasteiger partial charge is 0.308 e. The van der Waals surface area contributed by atoms with Gasteiger partial charge in [-0.05, 0) is 0 Å².